The number of ether oxygens (including phenoxy) is 2. The summed E-state index contributed by atoms with van der Waals surface area (Å²) in [7, 11) is 2.76. The fourth-order valence-electron chi connectivity index (χ4n) is 3.90. The van der Waals surface area contributed by atoms with Gasteiger partial charge in [0.15, 0.2) is 11.5 Å². The summed E-state index contributed by atoms with van der Waals surface area (Å²) in [5.41, 5.74) is 2.81. The average Bonchev–Trinajstić information content (AvgIpc) is 2.64. The Bertz CT molecular complexity index is 858. The molecule has 138 valence electrons. The Morgan fingerprint density at radius 2 is 1.69 bits per heavy atom. The van der Waals surface area contributed by atoms with Gasteiger partial charge in [0, 0.05) is 17.0 Å². The van der Waals surface area contributed by atoms with E-state index in [0.29, 0.717) is 24.0 Å². The topological polar surface area (TPSA) is 96.2 Å². The lowest BCUT2D eigenvalue weighted by molar-refractivity contribution is -0.142. The molecule has 3 rings (SSSR count). The summed E-state index contributed by atoms with van der Waals surface area (Å²) in [5, 5.41) is 30.9. The number of rotatable bonds is 4. The van der Waals surface area contributed by atoms with Crippen LogP contribution >= 0.6 is 0 Å². The number of carboxylic acids is 1. The van der Waals surface area contributed by atoms with E-state index in [1.54, 1.807) is 6.92 Å². The van der Waals surface area contributed by atoms with Gasteiger partial charge in [-0.15, -0.1) is 0 Å². The minimum atomic E-state index is -0.869. The molecule has 0 fully saturated rings. The molecule has 6 heteroatoms. The molecular formula is C20H22O6. The van der Waals surface area contributed by atoms with Crippen molar-refractivity contribution in [1.29, 1.82) is 0 Å². The first kappa shape index (κ1) is 17.9. The molecule has 0 saturated carbocycles. The van der Waals surface area contributed by atoms with E-state index in [2.05, 4.69) is 0 Å². The SMILES string of the molecule is COc1c(O)c(C)c([C@@H]2C[C@@H](C(=O)O)Cc3ccccc32)c(O)c1OC. The highest BCUT2D eigenvalue weighted by Gasteiger charge is 2.36. The summed E-state index contributed by atoms with van der Waals surface area (Å²) in [5.74, 6) is -1.95. The van der Waals surface area contributed by atoms with Gasteiger partial charge in [0.05, 0.1) is 20.1 Å². The Labute approximate surface area is 151 Å². The number of hydrogen-bond acceptors (Lipinski definition) is 5. The summed E-state index contributed by atoms with van der Waals surface area (Å²) < 4.78 is 10.4. The highest BCUT2D eigenvalue weighted by Crippen LogP contribution is 2.53. The monoisotopic (exact) mass is 358 g/mol. The molecule has 0 radical (unpaired) electrons. The van der Waals surface area contributed by atoms with Crippen LogP contribution in [0.2, 0.25) is 0 Å². The van der Waals surface area contributed by atoms with Crippen molar-refractivity contribution in [2.75, 3.05) is 14.2 Å². The zero-order valence-corrected chi connectivity index (χ0v) is 14.9. The molecule has 0 bridgehead atoms. The number of phenols is 2. The van der Waals surface area contributed by atoms with Crippen molar-refractivity contribution in [3.63, 3.8) is 0 Å². The van der Waals surface area contributed by atoms with Gasteiger partial charge in [0.1, 0.15) is 0 Å². The summed E-state index contributed by atoms with van der Waals surface area (Å²) >= 11 is 0. The van der Waals surface area contributed by atoms with Gasteiger partial charge in [-0.05, 0) is 30.9 Å². The van der Waals surface area contributed by atoms with Crippen LogP contribution < -0.4 is 9.47 Å². The van der Waals surface area contributed by atoms with Crippen LogP contribution in [0.5, 0.6) is 23.0 Å². The van der Waals surface area contributed by atoms with Crippen LogP contribution in [-0.4, -0.2) is 35.5 Å². The molecular weight excluding hydrogens is 336 g/mol. The Kier molecular flexibility index (Phi) is 4.68. The van der Waals surface area contributed by atoms with Crippen molar-refractivity contribution in [2.45, 2.75) is 25.7 Å². The standard InChI is InChI=1S/C20H22O6/c1-10-15(17(22)19(26-3)18(25-2)16(10)21)14-9-12(20(23)24)8-11-6-4-5-7-13(11)14/h4-7,12,14,21-22H,8-9H2,1-3H3,(H,23,24)/t12-,14+/m0/s1. The minimum Gasteiger partial charge on any atom is -0.504 e. The fraction of sp³-hybridized carbons (Fsp3) is 0.350. The van der Waals surface area contributed by atoms with Crippen molar-refractivity contribution in [2.24, 2.45) is 5.92 Å². The molecule has 0 aromatic heterocycles. The second-order valence-electron chi connectivity index (χ2n) is 6.53. The van der Waals surface area contributed by atoms with Crippen LogP contribution in [0, 0.1) is 12.8 Å². The van der Waals surface area contributed by atoms with E-state index < -0.39 is 11.9 Å². The number of aliphatic carboxylic acids is 1. The smallest absolute Gasteiger partial charge is 0.306 e. The highest BCUT2D eigenvalue weighted by molar-refractivity contribution is 5.73. The van der Waals surface area contributed by atoms with Gasteiger partial charge < -0.3 is 24.8 Å². The number of benzene rings is 2. The lowest BCUT2D eigenvalue weighted by Crippen LogP contribution is -2.26. The van der Waals surface area contributed by atoms with Gasteiger partial charge in [0.25, 0.3) is 0 Å². The van der Waals surface area contributed by atoms with E-state index in [9.17, 15) is 20.1 Å². The average molecular weight is 358 g/mol. The van der Waals surface area contributed by atoms with Gasteiger partial charge in [-0.2, -0.15) is 0 Å². The van der Waals surface area contributed by atoms with E-state index in [-0.39, 0.29) is 28.9 Å². The van der Waals surface area contributed by atoms with Gasteiger partial charge in [-0.1, -0.05) is 24.3 Å². The number of hydrogen-bond donors (Lipinski definition) is 3. The Balaban J connectivity index is 2.26. The first-order valence-electron chi connectivity index (χ1n) is 8.37. The largest absolute Gasteiger partial charge is 0.504 e. The van der Waals surface area contributed by atoms with Crippen molar-refractivity contribution in [1.82, 2.24) is 0 Å². The number of fused-ring (bicyclic) bond motifs is 1. The van der Waals surface area contributed by atoms with E-state index in [1.165, 1.54) is 14.2 Å². The Morgan fingerprint density at radius 3 is 2.31 bits per heavy atom. The fourth-order valence-corrected chi connectivity index (χ4v) is 3.90. The maximum Gasteiger partial charge on any atom is 0.306 e. The molecule has 26 heavy (non-hydrogen) atoms. The summed E-state index contributed by atoms with van der Waals surface area (Å²) in [6, 6.07) is 7.61. The van der Waals surface area contributed by atoms with Crippen molar-refractivity contribution in [3.8, 4) is 23.0 Å². The van der Waals surface area contributed by atoms with Crippen LogP contribution in [-0.2, 0) is 11.2 Å². The molecule has 3 N–H and O–H groups in total. The van der Waals surface area contributed by atoms with Crippen LogP contribution in [0.4, 0.5) is 0 Å². The van der Waals surface area contributed by atoms with Crippen LogP contribution in [0.25, 0.3) is 0 Å². The van der Waals surface area contributed by atoms with E-state index in [1.807, 2.05) is 24.3 Å². The third-order valence-electron chi connectivity index (χ3n) is 5.17. The molecule has 0 unspecified atom stereocenters. The molecule has 0 heterocycles. The Hall–Kier alpha value is -2.89. The second-order valence-corrected chi connectivity index (χ2v) is 6.53. The highest BCUT2D eigenvalue weighted by atomic mass is 16.5. The maximum atomic E-state index is 11.6. The molecule has 0 saturated heterocycles. The first-order valence-corrected chi connectivity index (χ1v) is 8.37. The van der Waals surface area contributed by atoms with E-state index in [0.717, 1.165) is 11.1 Å². The predicted molar refractivity (Wildman–Crippen MR) is 95.3 cm³/mol. The third kappa shape index (κ3) is 2.71. The second kappa shape index (κ2) is 6.78. The predicted octanol–water partition coefficient (Wildman–Crippen LogP) is 3.20. The van der Waals surface area contributed by atoms with Crippen molar-refractivity contribution >= 4 is 5.97 Å². The number of aromatic hydroxyl groups is 2. The lowest BCUT2D eigenvalue weighted by Gasteiger charge is -2.32. The van der Waals surface area contributed by atoms with Gasteiger partial charge in [0.2, 0.25) is 11.5 Å². The van der Waals surface area contributed by atoms with Crippen LogP contribution in [0.3, 0.4) is 0 Å². The summed E-state index contributed by atoms with van der Waals surface area (Å²) in [4.78, 5) is 11.6. The molecule has 2 aromatic rings. The molecule has 2 aromatic carbocycles. The third-order valence-corrected chi connectivity index (χ3v) is 5.17. The zero-order valence-electron chi connectivity index (χ0n) is 14.9. The molecule has 1 aliphatic carbocycles. The molecule has 6 nitrogen and oxygen atoms in total. The summed E-state index contributed by atoms with van der Waals surface area (Å²) in [6.07, 6.45) is 0.775. The van der Waals surface area contributed by atoms with Crippen molar-refractivity contribution < 1.29 is 29.6 Å². The van der Waals surface area contributed by atoms with Crippen LogP contribution in [0.1, 0.15) is 34.6 Å². The Morgan fingerprint density at radius 1 is 1.08 bits per heavy atom. The number of phenolic OH excluding ortho intramolecular Hbond substituents is 2. The van der Waals surface area contributed by atoms with Crippen molar-refractivity contribution in [3.05, 3.63) is 46.5 Å². The van der Waals surface area contributed by atoms with Gasteiger partial charge in [-0.3, -0.25) is 4.79 Å². The van der Waals surface area contributed by atoms with Gasteiger partial charge >= 0.3 is 5.97 Å². The molecule has 0 spiro atoms. The normalized spacial score (nSPS) is 18.9. The number of methoxy groups -OCH3 is 2. The molecule has 1 aliphatic rings. The molecule has 0 aliphatic heterocycles. The number of carbonyl (C=O) groups is 1. The lowest BCUT2D eigenvalue weighted by atomic mass is 9.72. The maximum absolute atomic E-state index is 11.6. The van der Waals surface area contributed by atoms with Gasteiger partial charge in [-0.25, -0.2) is 0 Å². The van der Waals surface area contributed by atoms with E-state index in [4.69, 9.17) is 9.47 Å². The first-order chi connectivity index (χ1) is 12.4. The summed E-state index contributed by atoms with van der Waals surface area (Å²) in [6.45, 7) is 1.68. The minimum absolute atomic E-state index is 0.0422. The van der Waals surface area contributed by atoms with E-state index >= 15 is 0 Å². The number of carboxylic acid groups (broad SMARTS) is 1. The quantitative estimate of drug-likeness (QED) is 0.727. The molecule has 2 atom stereocenters. The molecule has 0 amide bonds. The zero-order chi connectivity index (χ0) is 19.0. The van der Waals surface area contributed by atoms with Crippen LogP contribution in [0.15, 0.2) is 24.3 Å².